The van der Waals surface area contributed by atoms with E-state index in [1.54, 1.807) is 41.0 Å². The van der Waals surface area contributed by atoms with E-state index in [4.69, 9.17) is 27.9 Å². The van der Waals surface area contributed by atoms with Gasteiger partial charge in [0, 0.05) is 11.9 Å². The molecule has 184 valence electrons. The minimum atomic E-state index is -0.394. The number of benzene rings is 2. The van der Waals surface area contributed by atoms with E-state index in [2.05, 4.69) is 6.92 Å². The molecule has 0 fully saturated rings. The van der Waals surface area contributed by atoms with Crippen molar-refractivity contribution < 1.29 is 14.3 Å². The number of carbonyl (C=O) groups excluding carboxylic acids is 2. The monoisotopic (exact) mass is 514 g/mol. The topological polar surface area (TPSA) is 68.6 Å². The highest BCUT2D eigenvalue weighted by atomic mass is 35.5. The van der Waals surface area contributed by atoms with Gasteiger partial charge in [-0.05, 0) is 36.1 Å². The molecule has 0 N–H and O–H groups in total. The third-order valence-corrected chi connectivity index (χ3v) is 6.65. The molecule has 1 aliphatic rings. The fraction of sp³-hybridized carbons (Fsp3) is 0.370. The van der Waals surface area contributed by atoms with Crippen molar-refractivity contribution in [2.45, 2.75) is 53.6 Å². The molecule has 6 nitrogen and oxygen atoms in total. The third-order valence-electron chi connectivity index (χ3n) is 5.93. The summed E-state index contributed by atoms with van der Waals surface area (Å²) in [5, 5.41) is 1.45. The van der Waals surface area contributed by atoms with Gasteiger partial charge in [-0.1, -0.05) is 69.5 Å². The smallest absolute Gasteiger partial charge is 0.261 e. The molecular weight excluding hydrogens is 487 g/mol. The molecule has 2 aromatic carbocycles. The van der Waals surface area contributed by atoms with E-state index in [1.807, 2.05) is 20.8 Å². The lowest BCUT2D eigenvalue weighted by Crippen LogP contribution is -2.36. The molecule has 8 heteroatoms. The summed E-state index contributed by atoms with van der Waals surface area (Å²) < 4.78 is 7.85. The van der Waals surface area contributed by atoms with Crippen LogP contribution >= 0.6 is 23.2 Å². The zero-order chi connectivity index (χ0) is 25.5. The van der Waals surface area contributed by atoms with Crippen molar-refractivity contribution in [3.8, 4) is 5.75 Å². The van der Waals surface area contributed by atoms with E-state index in [1.165, 1.54) is 4.90 Å². The number of hydrogen-bond donors (Lipinski definition) is 0. The van der Waals surface area contributed by atoms with Crippen molar-refractivity contribution in [1.29, 1.82) is 0 Å². The minimum absolute atomic E-state index is 0.102. The van der Waals surface area contributed by atoms with E-state index in [0.717, 1.165) is 12.8 Å². The standard InChI is InChI=1S/C27H28Cl2N2O4/c1-5-6-11-35-23-18-12-20(28)21(29)13-19(18)26(34)31(15-27(2,3)4)22(23)14-30-24(32)16-9-7-8-10-17(16)25(30)33/h7-10,12-13H,5-6,11,14-15H2,1-4H3. The van der Waals surface area contributed by atoms with Crippen molar-refractivity contribution in [2.24, 2.45) is 5.41 Å². The number of fused-ring (bicyclic) bond motifs is 2. The fourth-order valence-corrected chi connectivity index (χ4v) is 4.60. The first kappa shape index (κ1) is 25.3. The van der Waals surface area contributed by atoms with E-state index in [-0.39, 0.29) is 22.5 Å². The predicted octanol–water partition coefficient (Wildman–Crippen LogP) is 6.33. The maximum absolute atomic E-state index is 13.7. The van der Waals surface area contributed by atoms with Crippen LogP contribution in [0.4, 0.5) is 0 Å². The van der Waals surface area contributed by atoms with Crippen LogP contribution in [0, 0.1) is 5.41 Å². The summed E-state index contributed by atoms with van der Waals surface area (Å²) in [6.07, 6.45) is 1.72. The molecule has 0 unspecified atom stereocenters. The first-order chi connectivity index (χ1) is 16.5. The Morgan fingerprint density at radius 3 is 2.03 bits per heavy atom. The molecule has 1 aliphatic heterocycles. The number of amides is 2. The number of hydrogen-bond acceptors (Lipinski definition) is 4. The van der Waals surface area contributed by atoms with Crippen LogP contribution in [0.3, 0.4) is 0 Å². The number of imide groups is 1. The van der Waals surface area contributed by atoms with E-state index >= 15 is 0 Å². The largest absolute Gasteiger partial charge is 0.491 e. The number of rotatable bonds is 7. The normalized spacial score (nSPS) is 13.6. The molecule has 4 rings (SSSR count). The van der Waals surface area contributed by atoms with Crippen molar-refractivity contribution in [3.05, 3.63) is 73.6 Å². The van der Waals surface area contributed by atoms with Crippen LogP contribution in [0.2, 0.25) is 10.0 Å². The zero-order valence-electron chi connectivity index (χ0n) is 20.3. The number of halogens is 2. The van der Waals surface area contributed by atoms with Gasteiger partial charge in [-0.3, -0.25) is 19.3 Å². The molecular formula is C27H28Cl2N2O4. The van der Waals surface area contributed by atoms with Crippen LogP contribution < -0.4 is 10.3 Å². The molecule has 2 heterocycles. The van der Waals surface area contributed by atoms with Crippen LogP contribution in [0.15, 0.2) is 41.2 Å². The Labute approximate surface area is 214 Å². The summed E-state index contributed by atoms with van der Waals surface area (Å²) in [5.74, 6) is -0.351. The van der Waals surface area contributed by atoms with Gasteiger partial charge in [0.05, 0.1) is 45.4 Å². The molecule has 35 heavy (non-hydrogen) atoms. The molecule has 3 aromatic rings. The third kappa shape index (κ3) is 4.82. The lowest BCUT2D eigenvalue weighted by atomic mass is 9.96. The molecule has 2 amide bonds. The number of pyridine rings is 1. The molecule has 0 aliphatic carbocycles. The molecule has 0 radical (unpaired) electrons. The number of aromatic nitrogens is 1. The van der Waals surface area contributed by atoms with Crippen LogP contribution in [-0.4, -0.2) is 27.9 Å². The Balaban J connectivity index is 1.96. The van der Waals surface area contributed by atoms with Crippen molar-refractivity contribution in [2.75, 3.05) is 6.61 Å². The summed E-state index contributed by atoms with van der Waals surface area (Å²) in [5.41, 5.74) is 0.618. The summed E-state index contributed by atoms with van der Waals surface area (Å²) >= 11 is 12.6. The molecule has 0 saturated heterocycles. The van der Waals surface area contributed by atoms with Gasteiger partial charge in [0.15, 0.2) is 0 Å². The maximum Gasteiger partial charge on any atom is 0.261 e. The van der Waals surface area contributed by atoms with Crippen molar-refractivity contribution in [3.63, 3.8) is 0 Å². The van der Waals surface area contributed by atoms with Gasteiger partial charge in [-0.25, -0.2) is 0 Å². The van der Waals surface area contributed by atoms with Gasteiger partial charge in [0.1, 0.15) is 5.75 Å². The number of carbonyl (C=O) groups is 2. The average molecular weight is 515 g/mol. The second kappa shape index (κ2) is 9.67. The molecule has 0 saturated carbocycles. The second-order valence-electron chi connectivity index (χ2n) is 9.98. The first-order valence-corrected chi connectivity index (χ1v) is 12.4. The first-order valence-electron chi connectivity index (χ1n) is 11.7. The summed E-state index contributed by atoms with van der Waals surface area (Å²) in [6, 6.07) is 9.90. The molecule has 0 bridgehead atoms. The van der Waals surface area contributed by atoms with Gasteiger partial charge >= 0.3 is 0 Å². The van der Waals surface area contributed by atoms with Gasteiger partial charge in [-0.15, -0.1) is 0 Å². The van der Waals surface area contributed by atoms with Gasteiger partial charge in [-0.2, -0.15) is 0 Å². The minimum Gasteiger partial charge on any atom is -0.491 e. The number of ether oxygens (including phenoxy) is 1. The lowest BCUT2D eigenvalue weighted by molar-refractivity contribution is 0.0636. The summed E-state index contributed by atoms with van der Waals surface area (Å²) in [6.45, 7) is 8.76. The van der Waals surface area contributed by atoms with Gasteiger partial charge in [0.25, 0.3) is 17.4 Å². The Kier molecular flexibility index (Phi) is 6.98. The summed E-state index contributed by atoms with van der Waals surface area (Å²) in [7, 11) is 0. The predicted molar refractivity (Wildman–Crippen MR) is 139 cm³/mol. The Morgan fingerprint density at radius 2 is 1.49 bits per heavy atom. The SMILES string of the molecule is CCCCOc1c(CN2C(=O)c3ccccc3C2=O)n(CC(C)(C)C)c(=O)c2cc(Cl)c(Cl)cc12. The second-order valence-corrected chi connectivity index (χ2v) is 10.8. The molecule has 0 spiro atoms. The lowest BCUT2D eigenvalue weighted by Gasteiger charge is -2.27. The molecule has 0 atom stereocenters. The Hall–Kier alpha value is -2.83. The van der Waals surface area contributed by atoms with E-state index in [9.17, 15) is 14.4 Å². The van der Waals surface area contributed by atoms with Gasteiger partial charge in [0.2, 0.25) is 0 Å². The highest BCUT2D eigenvalue weighted by Gasteiger charge is 2.37. The zero-order valence-corrected chi connectivity index (χ0v) is 21.8. The number of unbranched alkanes of at least 4 members (excludes halogenated alkanes) is 1. The molecule has 1 aromatic heterocycles. The van der Waals surface area contributed by atoms with Crippen LogP contribution in [-0.2, 0) is 13.1 Å². The quantitative estimate of drug-likeness (QED) is 0.273. The average Bonchev–Trinajstić information content (AvgIpc) is 3.04. The van der Waals surface area contributed by atoms with Crippen LogP contribution in [0.1, 0.15) is 66.9 Å². The van der Waals surface area contributed by atoms with E-state index in [0.29, 0.717) is 51.5 Å². The Morgan fingerprint density at radius 1 is 0.914 bits per heavy atom. The van der Waals surface area contributed by atoms with Crippen molar-refractivity contribution >= 4 is 45.8 Å². The number of nitrogens with zero attached hydrogens (tertiary/aromatic N) is 2. The maximum atomic E-state index is 13.7. The highest BCUT2D eigenvalue weighted by molar-refractivity contribution is 6.42. The van der Waals surface area contributed by atoms with E-state index < -0.39 is 11.8 Å². The summed E-state index contributed by atoms with van der Waals surface area (Å²) in [4.78, 5) is 41.3. The van der Waals surface area contributed by atoms with Crippen LogP contribution in [0.25, 0.3) is 10.8 Å². The van der Waals surface area contributed by atoms with Gasteiger partial charge < -0.3 is 9.30 Å². The van der Waals surface area contributed by atoms with Crippen LogP contribution in [0.5, 0.6) is 5.75 Å². The highest BCUT2D eigenvalue weighted by Crippen LogP contribution is 2.36. The fourth-order valence-electron chi connectivity index (χ4n) is 4.27. The Bertz CT molecular complexity index is 1350. The van der Waals surface area contributed by atoms with Crippen molar-refractivity contribution in [1.82, 2.24) is 9.47 Å².